The smallest absolute Gasteiger partial charge is 0.337 e. The SMILES string of the molecule is CCOc1n[nH]c(NC(=O)CC(C)CC)n1. The van der Waals surface area contributed by atoms with Gasteiger partial charge in [-0.1, -0.05) is 20.3 Å². The lowest BCUT2D eigenvalue weighted by Crippen LogP contribution is -2.15. The molecule has 0 saturated carbocycles. The van der Waals surface area contributed by atoms with Crippen LogP contribution in [0.25, 0.3) is 0 Å². The molecule has 1 atom stereocenters. The van der Waals surface area contributed by atoms with Crippen LogP contribution in [0.3, 0.4) is 0 Å². The van der Waals surface area contributed by atoms with Gasteiger partial charge in [0, 0.05) is 6.42 Å². The van der Waals surface area contributed by atoms with Gasteiger partial charge in [-0.25, -0.2) is 5.10 Å². The Kier molecular flexibility index (Phi) is 4.75. The number of nitrogens with zero attached hydrogens (tertiary/aromatic N) is 2. The van der Waals surface area contributed by atoms with Crippen molar-refractivity contribution >= 4 is 11.9 Å². The fourth-order valence-electron chi connectivity index (χ4n) is 1.14. The molecule has 0 fully saturated rings. The minimum Gasteiger partial charge on any atom is -0.463 e. The molecule has 6 heteroatoms. The average Bonchev–Trinajstić information content (AvgIpc) is 2.65. The standard InChI is InChI=1S/C10H18N4O2/c1-4-7(3)6-8(15)11-9-12-10(14-13-9)16-5-2/h7H,4-6H2,1-3H3,(H2,11,12,13,14,15). The van der Waals surface area contributed by atoms with Crippen LogP contribution in [-0.2, 0) is 4.79 Å². The fraction of sp³-hybridized carbons (Fsp3) is 0.700. The summed E-state index contributed by atoms with van der Waals surface area (Å²) in [5.74, 6) is 0.639. The minimum absolute atomic E-state index is 0.0615. The van der Waals surface area contributed by atoms with E-state index < -0.39 is 0 Å². The Bertz CT molecular complexity index is 337. The van der Waals surface area contributed by atoms with Crippen molar-refractivity contribution in [3.8, 4) is 6.01 Å². The van der Waals surface area contributed by atoms with Gasteiger partial charge in [0.05, 0.1) is 6.61 Å². The van der Waals surface area contributed by atoms with Crippen molar-refractivity contribution in [2.45, 2.75) is 33.6 Å². The number of ether oxygens (including phenoxy) is 1. The third-order valence-corrected chi connectivity index (χ3v) is 2.23. The Hall–Kier alpha value is -1.59. The topological polar surface area (TPSA) is 79.9 Å². The van der Waals surface area contributed by atoms with E-state index in [1.54, 1.807) is 0 Å². The Balaban J connectivity index is 2.43. The lowest BCUT2D eigenvalue weighted by Gasteiger charge is -2.06. The molecule has 0 radical (unpaired) electrons. The van der Waals surface area contributed by atoms with Gasteiger partial charge in [-0.05, 0) is 12.8 Å². The Labute approximate surface area is 94.8 Å². The van der Waals surface area contributed by atoms with E-state index in [-0.39, 0.29) is 11.9 Å². The summed E-state index contributed by atoms with van der Waals surface area (Å²) in [5, 5.41) is 9.02. The van der Waals surface area contributed by atoms with Crippen molar-refractivity contribution < 1.29 is 9.53 Å². The molecule has 0 aliphatic carbocycles. The molecule has 1 aromatic heterocycles. The van der Waals surface area contributed by atoms with Crippen molar-refractivity contribution in [1.29, 1.82) is 0 Å². The predicted octanol–water partition coefficient (Wildman–Crippen LogP) is 1.58. The first-order valence-corrected chi connectivity index (χ1v) is 5.50. The summed E-state index contributed by atoms with van der Waals surface area (Å²) in [6.07, 6.45) is 1.47. The molecule has 0 bridgehead atoms. The molecule has 0 spiro atoms. The molecule has 1 heterocycles. The maximum Gasteiger partial charge on any atom is 0.337 e. The first-order chi connectivity index (χ1) is 7.65. The van der Waals surface area contributed by atoms with Crippen LogP contribution in [0, 0.1) is 5.92 Å². The Morgan fingerprint density at radius 1 is 1.56 bits per heavy atom. The molecule has 90 valence electrons. The van der Waals surface area contributed by atoms with E-state index in [9.17, 15) is 4.79 Å². The van der Waals surface area contributed by atoms with Gasteiger partial charge < -0.3 is 4.74 Å². The minimum atomic E-state index is -0.0615. The van der Waals surface area contributed by atoms with Crippen LogP contribution in [0.15, 0.2) is 0 Å². The van der Waals surface area contributed by atoms with Crippen LogP contribution in [-0.4, -0.2) is 27.7 Å². The number of aromatic nitrogens is 3. The summed E-state index contributed by atoms with van der Waals surface area (Å²) in [5.41, 5.74) is 0. The number of amides is 1. The van der Waals surface area contributed by atoms with Gasteiger partial charge in [0.25, 0.3) is 0 Å². The molecule has 1 aromatic rings. The van der Waals surface area contributed by atoms with E-state index in [0.29, 0.717) is 24.9 Å². The highest BCUT2D eigenvalue weighted by molar-refractivity contribution is 5.89. The number of carbonyl (C=O) groups is 1. The summed E-state index contributed by atoms with van der Waals surface area (Å²) in [4.78, 5) is 15.5. The lowest BCUT2D eigenvalue weighted by atomic mass is 10.1. The quantitative estimate of drug-likeness (QED) is 0.771. The van der Waals surface area contributed by atoms with Crippen molar-refractivity contribution in [3.05, 3.63) is 0 Å². The molecular formula is C10H18N4O2. The summed E-state index contributed by atoms with van der Waals surface area (Å²) >= 11 is 0. The second kappa shape index (κ2) is 6.09. The summed E-state index contributed by atoms with van der Waals surface area (Å²) < 4.78 is 5.07. The fourth-order valence-corrected chi connectivity index (χ4v) is 1.14. The third kappa shape index (κ3) is 3.88. The maximum absolute atomic E-state index is 11.5. The predicted molar refractivity (Wildman–Crippen MR) is 60.3 cm³/mol. The van der Waals surface area contributed by atoms with Crippen molar-refractivity contribution in [2.75, 3.05) is 11.9 Å². The van der Waals surface area contributed by atoms with Gasteiger partial charge in [-0.15, -0.1) is 5.10 Å². The van der Waals surface area contributed by atoms with E-state index in [1.807, 2.05) is 13.8 Å². The van der Waals surface area contributed by atoms with E-state index in [0.717, 1.165) is 6.42 Å². The zero-order valence-electron chi connectivity index (χ0n) is 9.91. The number of H-pyrrole nitrogens is 1. The normalized spacial score (nSPS) is 12.2. The molecule has 2 N–H and O–H groups in total. The Morgan fingerprint density at radius 2 is 2.31 bits per heavy atom. The highest BCUT2D eigenvalue weighted by Crippen LogP contribution is 2.09. The van der Waals surface area contributed by atoms with E-state index in [1.165, 1.54) is 0 Å². The average molecular weight is 226 g/mol. The largest absolute Gasteiger partial charge is 0.463 e. The number of hydrogen-bond acceptors (Lipinski definition) is 4. The second-order valence-electron chi connectivity index (χ2n) is 3.67. The van der Waals surface area contributed by atoms with Crippen molar-refractivity contribution in [3.63, 3.8) is 0 Å². The van der Waals surface area contributed by atoms with Crippen LogP contribution < -0.4 is 10.1 Å². The lowest BCUT2D eigenvalue weighted by molar-refractivity contribution is -0.117. The van der Waals surface area contributed by atoms with Crippen molar-refractivity contribution in [1.82, 2.24) is 15.2 Å². The first-order valence-electron chi connectivity index (χ1n) is 5.50. The van der Waals surface area contributed by atoms with Gasteiger partial charge in [-0.2, -0.15) is 4.98 Å². The van der Waals surface area contributed by atoms with Crippen LogP contribution in [0.1, 0.15) is 33.6 Å². The highest BCUT2D eigenvalue weighted by Gasteiger charge is 2.10. The monoisotopic (exact) mass is 226 g/mol. The van der Waals surface area contributed by atoms with Gasteiger partial charge >= 0.3 is 6.01 Å². The highest BCUT2D eigenvalue weighted by atomic mass is 16.5. The number of nitrogens with one attached hydrogen (secondary N) is 2. The molecule has 1 rings (SSSR count). The van der Waals surface area contributed by atoms with Gasteiger partial charge in [-0.3, -0.25) is 10.1 Å². The number of hydrogen-bond donors (Lipinski definition) is 2. The molecule has 6 nitrogen and oxygen atoms in total. The molecule has 0 aromatic carbocycles. The Morgan fingerprint density at radius 3 is 2.94 bits per heavy atom. The number of anilines is 1. The second-order valence-corrected chi connectivity index (χ2v) is 3.67. The molecule has 16 heavy (non-hydrogen) atoms. The van der Waals surface area contributed by atoms with Crippen LogP contribution in [0.2, 0.25) is 0 Å². The van der Waals surface area contributed by atoms with Gasteiger partial charge in [0.2, 0.25) is 11.9 Å². The zero-order chi connectivity index (χ0) is 12.0. The number of rotatable bonds is 6. The first kappa shape index (κ1) is 12.5. The molecule has 0 saturated heterocycles. The van der Waals surface area contributed by atoms with E-state index in [4.69, 9.17) is 4.74 Å². The number of carbonyl (C=O) groups excluding carboxylic acids is 1. The zero-order valence-corrected chi connectivity index (χ0v) is 9.91. The molecule has 0 aliphatic rings. The summed E-state index contributed by atoms with van der Waals surface area (Å²) in [6.45, 7) is 6.43. The molecule has 0 aliphatic heterocycles. The van der Waals surface area contributed by atoms with Crippen molar-refractivity contribution in [2.24, 2.45) is 5.92 Å². The molecule has 1 unspecified atom stereocenters. The van der Waals surface area contributed by atoms with Crippen LogP contribution >= 0.6 is 0 Å². The number of aromatic amines is 1. The summed E-state index contributed by atoms with van der Waals surface area (Å²) in [7, 11) is 0. The summed E-state index contributed by atoms with van der Waals surface area (Å²) in [6, 6.07) is 0.251. The third-order valence-electron chi connectivity index (χ3n) is 2.23. The van der Waals surface area contributed by atoms with Crippen LogP contribution in [0.4, 0.5) is 5.95 Å². The van der Waals surface area contributed by atoms with E-state index >= 15 is 0 Å². The molecular weight excluding hydrogens is 208 g/mol. The van der Waals surface area contributed by atoms with E-state index in [2.05, 4.69) is 27.4 Å². The maximum atomic E-state index is 11.5. The molecule has 1 amide bonds. The van der Waals surface area contributed by atoms with Gasteiger partial charge in [0.1, 0.15) is 0 Å². The van der Waals surface area contributed by atoms with Crippen LogP contribution in [0.5, 0.6) is 6.01 Å². The van der Waals surface area contributed by atoms with Gasteiger partial charge in [0.15, 0.2) is 0 Å².